The van der Waals surface area contributed by atoms with Crippen molar-refractivity contribution in [3.63, 3.8) is 0 Å². The first kappa shape index (κ1) is 16.9. The van der Waals surface area contributed by atoms with Gasteiger partial charge in [-0.15, -0.1) is 12.4 Å². The molecule has 0 fully saturated rings. The third-order valence-corrected chi connectivity index (χ3v) is 2.62. The molecular weight excluding hydrogens is 248 g/mol. The molecule has 18 heavy (non-hydrogen) atoms. The molecule has 4 heteroatoms. The van der Waals surface area contributed by atoms with Crippen LogP contribution >= 0.6 is 12.4 Å². The van der Waals surface area contributed by atoms with Gasteiger partial charge in [0.15, 0.2) is 0 Å². The van der Waals surface area contributed by atoms with Crippen molar-refractivity contribution < 1.29 is 4.79 Å². The normalized spacial score (nSPS) is 12.4. The lowest BCUT2D eigenvalue weighted by molar-refractivity contribution is -0.122. The molecule has 1 aromatic carbocycles. The van der Waals surface area contributed by atoms with E-state index in [4.69, 9.17) is 5.73 Å². The maximum atomic E-state index is 11.8. The second kappa shape index (κ2) is 7.39. The summed E-state index contributed by atoms with van der Waals surface area (Å²) in [5.41, 5.74) is 6.95. The van der Waals surface area contributed by atoms with Gasteiger partial charge in [-0.05, 0) is 17.4 Å². The minimum absolute atomic E-state index is 0. The minimum atomic E-state index is -0.573. The van der Waals surface area contributed by atoms with E-state index in [2.05, 4.69) is 26.1 Å². The summed E-state index contributed by atoms with van der Waals surface area (Å²) in [4.78, 5) is 11.8. The van der Waals surface area contributed by atoms with E-state index < -0.39 is 6.04 Å². The summed E-state index contributed by atoms with van der Waals surface area (Å²) in [5, 5.41) is 2.87. The number of carbonyl (C=O) groups is 1. The molecule has 0 spiro atoms. The van der Waals surface area contributed by atoms with Crippen LogP contribution in [0.4, 0.5) is 0 Å². The molecule has 0 aliphatic rings. The fourth-order valence-electron chi connectivity index (χ4n) is 1.48. The highest BCUT2D eigenvalue weighted by molar-refractivity contribution is 5.85. The van der Waals surface area contributed by atoms with Gasteiger partial charge < -0.3 is 11.1 Å². The molecule has 0 aromatic heterocycles. The van der Waals surface area contributed by atoms with Crippen molar-refractivity contribution in [2.75, 3.05) is 6.54 Å². The summed E-state index contributed by atoms with van der Waals surface area (Å²) < 4.78 is 0. The lowest BCUT2D eigenvalue weighted by atomic mass is 9.92. The van der Waals surface area contributed by atoms with Crippen molar-refractivity contribution in [2.45, 2.75) is 33.2 Å². The molecule has 1 atom stereocenters. The van der Waals surface area contributed by atoms with E-state index in [1.54, 1.807) is 0 Å². The molecule has 1 unspecified atom stereocenters. The van der Waals surface area contributed by atoms with Crippen molar-refractivity contribution in [1.82, 2.24) is 5.32 Å². The van der Waals surface area contributed by atoms with Gasteiger partial charge in [0.05, 0.1) is 0 Å². The van der Waals surface area contributed by atoms with Crippen LogP contribution in [0.5, 0.6) is 0 Å². The van der Waals surface area contributed by atoms with Crippen LogP contribution in [0.25, 0.3) is 0 Å². The van der Waals surface area contributed by atoms with Crippen LogP contribution in [0.2, 0.25) is 0 Å². The maximum Gasteiger partial charge on any atom is 0.241 e. The number of hydrogen-bond donors (Lipinski definition) is 2. The van der Waals surface area contributed by atoms with Crippen LogP contribution in [-0.4, -0.2) is 12.5 Å². The zero-order valence-corrected chi connectivity index (χ0v) is 12.1. The predicted octanol–water partition coefficient (Wildman–Crippen LogP) is 2.66. The maximum absolute atomic E-state index is 11.8. The first-order chi connectivity index (χ1) is 7.90. The van der Waals surface area contributed by atoms with Gasteiger partial charge in [0.25, 0.3) is 0 Å². The van der Waals surface area contributed by atoms with Crippen LogP contribution in [0.15, 0.2) is 30.3 Å². The van der Waals surface area contributed by atoms with Gasteiger partial charge in [-0.25, -0.2) is 0 Å². The number of nitrogens with two attached hydrogens (primary N) is 1. The van der Waals surface area contributed by atoms with E-state index >= 15 is 0 Å². The van der Waals surface area contributed by atoms with Gasteiger partial charge in [-0.1, -0.05) is 51.1 Å². The Kier molecular flexibility index (Phi) is 6.96. The molecule has 1 amide bonds. The lowest BCUT2D eigenvalue weighted by Crippen LogP contribution is -2.35. The molecule has 0 heterocycles. The zero-order chi connectivity index (χ0) is 12.9. The Bertz CT molecular complexity index is 360. The monoisotopic (exact) mass is 270 g/mol. The first-order valence-corrected chi connectivity index (χ1v) is 5.98. The standard InChI is InChI=1S/C14H22N2O.ClH/c1-14(2,3)9-10-16-13(17)12(15)11-7-5-4-6-8-11;/h4-8,12H,9-10,15H2,1-3H3,(H,16,17);1H. The fourth-order valence-corrected chi connectivity index (χ4v) is 1.48. The Morgan fingerprint density at radius 3 is 2.33 bits per heavy atom. The van der Waals surface area contributed by atoms with Gasteiger partial charge in [0.1, 0.15) is 6.04 Å². The molecule has 0 saturated carbocycles. The van der Waals surface area contributed by atoms with Crippen LogP contribution in [0, 0.1) is 5.41 Å². The highest BCUT2D eigenvalue weighted by Crippen LogP contribution is 2.17. The molecule has 3 nitrogen and oxygen atoms in total. The van der Waals surface area contributed by atoms with Gasteiger partial charge in [-0.3, -0.25) is 4.79 Å². The Morgan fingerprint density at radius 2 is 1.83 bits per heavy atom. The number of nitrogens with one attached hydrogen (secondary N) is 1. The third-order valence-electron chi connectivity index (χ3n) is 2.62. The molecule has 102 valence electrons. The number of rotatable bonds is 4. The molecule has 0 radical (unpaired) electrons. The average molecular weight is 271 g/mol. The van der Waals surface area contributed by atoms with Crippen molar-refractivity contribution in [2.24, 2.45) is 11.1 Å². The topological polar surface area (TPSA) is 55.1 Å². The number of amides is 1. The molecule has 1 rings (SSSR count). The van der Waals surface area contributed by atoms with Crippen LogP contribution in [0.1, 0.15) is 38.8 Å². The molecule has 0 aliphatic carbocycles. The number of carbonyl (C=O) groups excluding carboxylic acids is 1. The third kappa shape index (κ3) is 6.03. The molecular formula is C14H23ClN2O. The second-order valence-electron chi connectivity index (χ2n) is 5.49. The first-order valence-electron chi connectivity index (χ1n) is 5.98. The lowest BCUT2D eigenvalue weighted by Gasteiger charge is -2.19. The summed E-state index contributed by atoms with van der Waals surface area (Å²) >= 11 is 0. The van der Waals surface area contributed by atoms with Gasteiger partial charge in [-0.2, -0.15) is 0 Å². The molecule has 1 aromatic rings. The molecule has 0 bridgehead atoms. The van der Waals surface area contributed by atoms with Gasteiger partial charge >= 0.3 is 0 Å². The highest BCUT2D eigenvalue weighted by atomic mass is 35.5. The fraction of sp³-hybridized carbons (Fsp3) is 0.500. The quantitative estimate of drug-likeness (QED) is 0.884. The van der Waals surface area contributed by atoms with E-state index in [0.29, 0.717) is 6.54 Å². The van der Waals surface area contributed by atoms with E-state index in [1.165, 1.54) is 0 Å². The number of benzene rings is 1. The summed E-state index contributed by atoms with van der Waals surface area (Å²) in [5.74, 6) is -0.111. The van der Waals surface area contributed by atoms with Crippen molar-refractivity contribution in [3.05, 3.63) is 35.9 Å². The van der Waals surface area contributed by atoms with Crippen LogP contribution in [0.3, 0.4) is 0 Å². The van der Waals surface area contributed by atoms with Gasteiger partial charge in [0.2, 0.25) is 5.91 Å². The second-order valence-corrected chi connectivity index (χ2v) is 5.49. The highest BCUT2D eigenvalue weighted by Gasteiger charge is 2.16. The van der Waals surface area contributed by atoms with Crippen molar-refractivity contribution in [3.8, 4) is 0 Å². The Labute approximate surface area is 116 Å². The zero-order valence-electron chi connectivity index (χ0n) is 11.3. The van der Waals surface area contributed by atoms with E-state index in [9.17, 15) is 4.79 Å². The van der Waals surface area contributed by atoms with E-state index in [-0.39, 0.29) is 23.7 Å². The molecule has 0 aliphatic heterocycles. The summed E-state index contributed by atoms with van der Waals surface area (Å²) in [6, 6.07) is 8.85. The van der Waals surface area contributed by atoms with Crippen LogP contribution in [-0.2, 0) is 4.79 Å². The minimum Gasteiger partial charge on any atom is -0.354 e. The molecule has 3 N–H and O–H groups in total. The smallest absolute Gasteiger partial charge is 0.241 e. The Morgan fingerprint density at radius 1 is 1.28 bits per heavy atom. The average Bonchev–Trinajstić information content (AvgIpc) is 2.27. The van der Waals surface area contributed by atoms with Gasteiger partial charge in [0, 0.05) is 6.54 Å². The predicted molar refractivity (Wildman–Crippen MR) is 77.7 cm³/mol. The molecule has 0 saturated heterocycles. The largest absolute Gasteiger partial charge is 0.354 e. The summed E-state index contributed by atoms with van der Waals surface area (Å²) in [6.45, 7) is 7.12. The van der Waals surface area contributed by atoms with E-state index in [0.717, 1.165) is 12.0 Å². The Hall–Kier alpha value is -1.06. The van der Waals surface area contributed by atoms with Crippen LogP contribution < -0.4 is 11.1 Å². The Balaban J connectivity index is 0.00000289. The number of halogens is 1. The SMILES string of the molecule is CC(C)(C)CCNC(=O)C(N)c1ccccc1.Cl. The summed E-state index contributed by atoms with van der Waals surface area (Å²) in [6.07, 6.45) is 0.945. The number of hydrogen-bond acceptors (Lipinski definition) is 2. The summed E-state index contributed by atoms with van der Waals surface area (Å²) in [7, 11) is 0. The van der Waals surface area contributed by atoms with Crippen molar-refractivity contribution in [1.29, 1.82) is 0 Å². The van der Waals surface area contributed by atoms with E-state index in [1.807, 2.05) is 30.3 Å². The van der Waals surface area contributed by atoms with Crippen molar-refractivity contribution >= 4 is 18.3 Å².